The predicted octanol–water partition coefficient (Wildman–Crippen LogP) is 2.17. The maximum Gasteiger partial charge on any atom is 0.0504 e. The van der Waals surface area contributed by atoms with Gasteiger partial charge in [0.1, 0.15) is 0 Å². The summed E-state index contributed by atoms with van der Waals surface area (Å²) in [5, 5.41) is 4.05. The summed E-state index contributed by atoms with van der Waals surface area (Å²) >= 11 is 0. The lowest BCUT2D eigenvalue weighted by Crippen LogP contribution is -2.45. The monoisotopic (exact) mass is 243 g/mol. The van der Waals surface area contributed by atoms with Gasteiger partial charge in [-0.3, -0.25) is 4.21 Å². The molecule has 2 aliphatic rings. The molecule has 0 spiro atoms. The zero-order valence-electron chi connectivity index (χ0n) is 10.7. The molecular weight excluding hydrogens is 218 g/mol. The molecule has 0 aromatic rings. The third-order valence-corrected chi connectivity index (χ3v) is 6.38. The Labute approximate surface area is 102 Å². The highest BCUT2D eigenvalue weighted by molar-refractivity contribution is 7.85. The average Bonchev–Trinajstić information content (AvgIpc) is 2.38. The van der Waals surface area contributed by atoms with Crippen molar-refractivity contribution in [1.82, 2.24) is 5.32 Å². The van der Waals surface area contributed by atoms with Crippen molar-refractivity contribution >= 4 is 10.8 Å². The molecular formula is C13H25NOS. The van der Waals surface area contributed by atoms with Crippen molar-refractivity contribution in [3.8, 4) is 0 Å². The van der Waals surface area contributed by atoms with Gasteiger partial charge in [-0.2, -0.15) is 0 Å². The summed E-state index contributed by atoms with van der Waals surface area (Å²) in [5.41, 5.74) is 0. The van der Waals surface area contributed by atoms with Crippen LogP contribution < -0.4 is 5.32 Å². The molecule has 5 unspecified atom stereocenters. The number of hydrogen-bond acceptors (Lipinski definition) is 2. The minimum atomic E-state index is -0.604. The molecule has 1 saturated carbocycles. The topological polar surface area (TPSA) is 29.1 Å². The molecule has 1 N–H and O–H groups in total. The molecule has 1 aliphatic heterocycles. The van der Waals surface area contributed by atoms with Crippen LogP contribution in [0.25, 0.3) is 0 Å². The summed E-state index contributed by atoms with van der Waals surface area (Å²) in [7, 11) is -0.604. The van der Waals surface area contributed by atoms with Crippen LogP contribution in [0, 0.1) is 17.8 Å². The van der Waals surface area contributed by atoms with Gasteiger partial charge in [-0.15, -0.1) is 0 Å². The number of fused-ring (bicyclic) bond motifs is 1. The Morgan fingerprint density at radius 2 is 2.06 bits per heavy atom. The Bertz CT molecular complexity index is 267. The molecule has 0 bridgehead atoms. The van der Waals surface area contributed by atoms with Gasteiger partial charge in [-0.1, -0.05) is 20.8 Å². The summed E-state index contributed by atoms with van der Waals surface area (Å²) in [6.45, 7) is 7.88. The highest BCUT2D eigenvalue weighted by atomic mass is 32.2. The van der Waals surface area contributed by atoms with Crippen LogP contribution in [-0.4, -0.2) is 27.8 Å². The summed E-state index contributed by atoms with van der Waals surface area (Å²) in [5.74, 6) is 3.02. The highest BCUT2D eigenvalue weighted by Gasteiger charge is 2.37. The predicted molar refractivity (Wildman–Crippen MR) is 69.9 cm³/mol. The largest absolute Gasteiger partial charge is 0.312 e. The van der Waals surface area contributed by atoms with Crippen LogP contribution in [-0.2, 0) is 10.8 Å². The van der Waals surface area contributed by atoms with E-state index in [0.29, 0.717) is 17.2 Å². The normalized spacial score (nSPS) is 45.1. The van der Waals surface area contributed by atoms with E-state index in [1.165, 1.54) is 19.3 Å². The molecule has 2 rings (SSSR count). The smallest absolute Gasteiger partial charge is 0.0504 e. The fourth-order valence-corrected chi connectivity index (χ4v) is 5.09. The van der Waals surface area contributed by atoms with Crippen molar-refractivity contribution in [3.63, 3.8) is 0 Å². The first-order valence-electron chi connectivity index (χ1n) is 6.68. The Balaban J connectivity index is 2.06. The molecule has 94 valence electrons. The zero-order chi connectivity index (χ0) is 11.7. The van der Waals surface area contributed by atoms with E-state index < -0.39 is 10.8 Å². The first-order chi connectivity index (χ1) is 7.58. The molecule has 1 heterocycles. The van der Waals surface area contributed by atoms with Gasteiger partial charge in [0.2, 0.25) is 0 Å². The van der Waals surface area contributed by atoms with E-state index in [9.17, 15) is 4.21 Å². The van der Waals surface area contributed by atoms with Crippen molar-refractivity contribution < 1.29 is 4.21 Å². The van der Waals surface area contributed by atoms with Crippen LogP contribution >= 0.6 is 0 Å². The first-order valence-corrected chi connectivity index (χ1v) is 8.06. The molecule has 5 atom stereocenters. The van der Waals surface area contributed by atoms with Crippen LogP contribution in [0.15, 0.2) is 0 Å². The van der Waals surface area contributed by atoms with Crippen LogP contribution in [0.3, 0.4) is 0 Å². The van der Waals surface area contributed by atoms with Crippen molar-refractivity contribution in [2.75, 3.05) is 12.3 Å². The lowest BCUT2D eigenvalue weighted by Gasteiger charge is -2.36. The van der Waals surface area contributed by atoms with E-state index >= 15 is 0 Å². The third kappa shape index (κ3) is 2.67. The van der Waals surface area contributed by atoms with Gasteiger partial charge >= 0.3 is 0 Å². The second kappa shape index (κ2) is 5.18. The van der Waals surface area contributed by atoms with Crippen LogP contribution in [0.1, 0.15) is 40.0 Å². The fourth-order valence-electron chi connectivity index (χ4n) is 3.11. The molecule has 1 aliphatic carbocycles. The SMILES string of the molecule is CC1CNC2CCC(C(C)C)CC2S(=O)C1. The molecule has 2 nitrogen and oxygen atoms in total. The summed E-state index contributed by atoms with van der Waals surface area (Å²) in [6.07, 6.45) is 3.72. The summed E-state index contributed by atoms with van der Waals surface area (Å²) in [6, 6.07) is 0.529. The number of rotatable bonds is 1. The van der Waals surface area contributed by atoms with E-state index in [-0.39, 0.29) is 0 Å². The Kier molecular flexibility index (Phi) is 4.06. The minimum Gasteiger partial charge on any atom is -0.312 e. The molecule has 0 amide bonds. The Morgan fingerprint density at radius 1 is 1.31 bits per heavy atom. The van der Waals surface area contributed by atoms with Crippen molar-refractivity contribution in [2.45, 2.75) is 51.3 Å². The molecule has 2 fully saturated rings. The average molecular weight is 243 g/mol. The molecule has 0 aromatic carbocycles. The number of hydrogen-bond donors (Lipinski definition) is 1. The lowest BCUT2D eigenvalue weighted by atomic mass is 9.79. The van der Waals surface area contributed by atoms with Crippen LogP contribution in [0.2, 0.25) is 0 Å². The third-order valence-electron chi connectivity index (χ3n) is 4.29. The van der Waals surface area contributed by atoms with Crippen LogP contribution in [0.4, 0.5) is 0 Å². The Hall–Kier alpha value is 0.110. The van der Waals surface area contributed by atoms with E-state index in [4.69, 9.17) is 0 Å². The molecule has 0 radical (unpaired) electrons. The van der Waals surface area contributed by atoms with Gasteiger partial charge in [-0.05, 0) is 43.6 Å². The molecule has 3 heteroatoms. The minimum absolute atomic E-state index is 0.422. The molecule has 16 heavy (non-hydrogen) atoms. The quantitative estimate of drug-likeness (QED) is 0.765. The van der Waals surface area contributed by atoms with Gasteiger partial charge in [0.05, 0.1) is 5.25 Å². The fraction of sp³-hybridized carbons (Fsp3) is 1.00. The van der Waals surface area contributed by atoms with Gasteiger partial charge in [0, 0.05) is 22.6 Å². The van der Waals surface area contributed by atoms with E-state index in [2.05, 4.69) is 26.1 Å². The van der Waals surface area contributed by atoms with Crippen molar-refractivity contribution in [3.05, 3.63) is 0 Å². The van der Waals surface area contributed by atoms with Crippen LogP contribution in [0.5, 0.6) is 0 Å². The van der Waals surface area contributed by atoms with E-state index in [1.807, 2.05) is 0 Å². The molecule has 0 aromatic heterocycles. The van der Waals surface area contributed by atoms with Crippen molar-refractivity contribution in [2.24, 2.45) is 17.8 Å². The van der Waals surface area contributed by atoms with Gasteiger partial charge in [0.25, 0.3) is 0 Å². The van der Waals surface area contributed by atoms with Gasteiger partial charge in [0.15, 0.2) is 0 Å². The van der Waals surface area contributed by atoms with Crippen molar-refractivity contribution in [1.29, 1.82) is 0 Å². The highest BCUT2D eigenvalue weighted by Crippen LogP contribution is 2.34. The van der Waals surface area contributed by atoms with E-state index in [0.717, 1.165) is 24.1 Å². The van der Waals surface area contributed by atoms with Gasteiger partial charge < -0.3 is 5.32 Å². The lowest BCUT2D eigenvalue weighted by molar-refractivity contribution is 0.244. The second-order valence-corrected chi connectivity index (χ2v) is 7.72. The summed E-state index contributed by atoms with van der Waals surface area (Å²) in [4.78, 5) is 0. The first kappa shape index (κ1) is 12.6. The molecule has 1 saturated heterocycles. The number of nitrogens with one attached hydrogen (secondary N) is 1. The standard InChI is InChI=1S/C13H25NOS/c1-9(2)11-4-5-12-13(6-11)16(15)8-10(3)7-14-12/h9-14H,4-8H2,1-3H3. The Morgan fingerprint density at radius 3 is 2.75 bits per heavy atom. The van der Waals surface area contributed by atoms with E-state index in [1.54, 1.807) is 0 Å². The summed E-state index contributed by atoms with van der Waals surface area (Å²) < 4.78 is 12.3. The zero-order valence-corrected chi connectivity index (χ0v) is 11.6. The maximum atomic E-state index is 12.3. The second-order valence-electron chi connectivity index (χ2n) is 6.02. The van der Waals surface area contributed by atoms with Gasteiger partial charge in [-0.25, -0.2) is 0 Å². The maximum absolute atomic E-state index is 12.3.